The number of hydrogen-bond acceptors (Lipinski definition) is 6. The molecule has 0 bridgehead atoms. The van der Waals surface area contributed by atoms with Gasteiger partial charge in [0.05, 0.1) is 19.4 Å². The third-order valence-electron chi connectivity index (χ3n) is 4.27. The molecule has 0 fully saturated rings. The first-order valence-corrected chi connectivity index (χ1v) is 9.96. The maximum absolute atomic E-state index is 12.0. The minimum atomic E-state index is -0.654. The lowest BCUT2D eigenvalue weighted by Gasteiger charge is -2.12. The molecule has 0 unspecified atom stereocenters. The van der Waals surface area contributed by atoms with E-state index in [0.29, 0.717) is 5.75 Å². The normalized spacial score (nSPS) is 10.1. The molecule has 4 N–H and O–H groups in total. The summed E-state index contributed by atoms with van der Waals surface area (Å²) in [6.45, 7) is -1.06. The Bertz CT molecular complexity index is 1100. The fourth-order valence-corrected chi connectivity index (χ4v) is 2.71. The van der Waals surface area contributed by atoms with Crippen LogP contribution in [-0.2, 0) is 14.4 Å². The molecule has 0 radical (unpaired) electrons. The molecule has 0 aliphatic rings. The van der Waals surface area contributed by atoms with Gasteiger partial charge in [0.25, 0.3) is 17.7 Å². The zero-order valence-corrected chi connectivity index (χ0v) is 17.5. The van der Waals surface area contributed by atoms with Crippen molar-refractivity contribution in [2.24, 2.45) is 0 Å². The van der Waals surface area contributed by atoms with E-state index in [2.05, 4.69) is 21.5 Å². The average molecular weight is 450 g/mol. The molecule has 170 valence electrons. The van der Waals surface area contributed by atoms with Gasteiger partial charge in [0.1, 0.15) is 5.75 Å². The third kappa shape index (κ3) is 7.24. The highest BCUT2D eigenvalue weighted by atomic mass is 16.5. The van der Waals surface area contributed by atoms with Gasteiger partial charge in [-0.25, -0.2) is 0 Å². The van der Waals surface area contributed by atoms with Crippen molar-refractivity contribution in [3.05, 3.63) is 78.8 Å². The Morgan fingerprint density at radius 1 is 0.727 bits per heavy atom. The van der Waals surface area contributed by atoms with Gasteiger partial charge in [0.2, 0.25) is 5.91 Å². The highest BCUT2D eigenvalue weighted by Crippen LogP contribution is 2.29. The van der Waals surface area contributed by atoms with Crippen LogP contribution in [0.15, 0.2) is 77.4 Å². The first kappa shape index (κ1) is 23.1. The summed E-state index contributed by atoms with van der Waals surface area (Å²) in [7, 11) is 0. The number of ether oxygens (including phenoxy) is 1. The SMILES string of the molecule is O=C(CNC(=O)c1ccco1)NCC(=O)NNC(=O)COc1ccccc1-c1ccccc1. The molecule has 0 atom stereocenters. The van der Waals surface area contributed by atoms with Crippen LogP contribution >= 0.6 is 0 Å². The van der Waals surface area contributed by atoms with Crippen molar-refractivity contribution in [1.82, 2.24) is 21.5 Å². The molecule has 0 aliphatic carbocycles. The Morgan fingerprint density at radius 2 is 1.42 bits per heavy atom. The Hall–Kier alpha value is -4.60. The van der Waals surface area contributed by atoms with Crippen molar-refractivity contribution in [2.75, 3.05) is 19.7 Å². The summed E-state index contributed by atoms with van der Waals surface area (Å²) < 4.78 is 10.5. The van der Waals surface area contributed by atoms with Crippen LogP contribution in [0, 0.1) is 0 Å². The largest absolute Gasteiger partial charge is 0.483 e. The van der Waals surface area contributed by atoms with E-state index in [1.165, 1.54) is 12.3 Å². The lowest BCUT2D eigenvalue weighted by atomic mass is 10.1. The number of nitrogens with one attached hydrogen (secondary N) is 4. The average Bonchev–Trinajstić information content (AvgIpc) is 3.39. The molecule has 10 heteroatoms. The van der Waals surface area contributed by atoms with Gasteiger partial charge in [-0.3, -0.25) is 30.0 Å². The van der Waals surface area contributed by atoms with Crippen molar-refractivity contribution < 1.29 is 28.3 Å². The van der Waals surface area contributed by atoms with Crippen molar-refractivity contribution in [2.45, 2.75) is 0 Å². The Morgan fingerprint density at radius 3 is 2.18 bits per heavy atom. The molecule has 0 aliphatic heterocycles. The zero-order chi connectivity index (χ0) is 23.5. The maximum atomic E-state index is 12.0. The van der Waals surface area contributed by atoms with Gasteiger partial charge < -0.3 is 19.8 Å². The highest BCUT2D eigenvalue weighted by Gasteiger charge is 2.12. The van der Waals surface area contributed by atoms with E-state index in [-0.39, 0.29) is 18.9 Å². The number of amides is 4. The van der Waals surface area contributed by atoms with E-state index in [1.807, 2.05) is 42.5 Å². The number of benzene rings is 2. The molecule has 0 saturated heterocycles. The van der Waals surface area contributed by atoms with Gasteiger partial charge in [-0.2, -0.15) is 0 Å². The van der Waals surface area contributed by atoms with Gasteiger partial charge in [-0.1, -0.05) is 48.5 Å². The summed E-state index contributed by atoms with van der Waals surface area (Å²) in [6.07, 6.45) is 1.33. The molecule has 0 spiro atoms. The Kier molecular flexibility index (Phi) is 8.18. The predicted octanol–water partition coefficient (Wildman–Crippen LogP) is 1.02. The van der Waals surface area contributed by atoms with Crippen LogP contribution in [0.2, 0.25) is 0 Å². The van der Waals surface area contributed by atoms with Crippen molar-refractivity contribution in [3.63, 3.8) is 0 Å². The van der Waals surface area contributed by atoms with Gasteiger partial charge >= 0.3 is 0 Å². The zero-order valence-electron chi connectivity index (χ0n) is 17.5. The van der Waals surface area contributed by atoms with E-state index in [9.17, 15) is 19.2 Å². The van der Waals surface area contributed by atoms with Gasteiger partial charge in [-0.15, -0.1) is 0 Å². The predicted molar refractivity (Wildman–Crippen MR) is 118 cm³/mol. The fraction of sp³-hybridized carbons (Fsp3) is 0.130. The molecule has 33 heavy (non-hydrogen) atoms. The summed E-state index contributed by atoms with van der Waals surface area (Å²) in [5, 5.41) is 4.66. The van der Waals surface area contributed by atoms with E-state index in [1.54, 1.807) is 18.2 Å². The second-order valence-corrected chi connectivity index (χ2v) is 6.68. The minimum absolute atomic E-state index is 0.0665. The molecule has 3 aromatic rings. The monoisotopic (exact) mass is 450 g/mol. The first-order valence-electron chi connectivity index (χ1n) is 9.96. The molecule has 4 amide bonds. The van der Waals surface area contributed by atoms with Gasteiger partial charge in [0.15, 0.2) is 12.4 Å². The van der Waals surface area contributed by atoms with Crippen LogP contribution < -0.4 is 26.2 Å². The van der Waals surface area contributed by atoms with E-state index in [0.717, 1.165) is 11.1 Å². The molecule has 0 saturated carbocycles. The molecule has 10 nitrogen and oxygen atoms in total. The number of furan rings is 1. The van der Waals surface area contributed by atoms with Crippen molar-refractivity contribution in [3.8, 4) is 16.9 Å². The molecular formula is C23H22N4O6. The summed E-state index contributed by atoms with van der Waals surface area (Å²) >= 11 is 0. The third-order valence-corrected chi connectivity index (χ3v) is 4.27. The fourth-order valence-electron chi connectivity index (χ4n) is 2.71. The van der Waals surface area contributed by atoms with Crippen LogP contribution in [-0.4, -0.2) is 43.3 Å². The lowest BCUT2D eigenvalue weighted by molar-refractivity contribution is -0.130. The molecule has 1 heterocycles. The van der Waals surface area contributed by atoms with Crippen LogP contribution in [0.4, 0.5) is 0 Å². The second kappa shape index (κ2) is 11.7. The number of para-hydroxylation sites is 1. The molecule has 3 rings (SSSR count). The van der Waals surface area contributed by atoms with Crippen molar-refractivity contribution in [1.29, 1.82) is 0 Å². The van der Waals surface area contributed by atoms with Crippen LogP contribution in [0.3, 0.4) is 0 Å². The summed E-state index contributed by atoms with van der Waals surface area (Å²) in [6, 6.07) is 19.8. The number of hydrogen-bond donors (Lipinski definition) is 4. The lowest BCUT2D eigenvalue weighted by Crippen LogP contribution is -2.48. The smallest absolute Gasteiger partial charge is 0.287 e. The summed E-state index contributed by atoms with van der Waals surface area (Å²) in [5.74, 6) is -1.79. The minimum Gasteiger partial charge on any atom is -0.483 e. The standard InChI is InChI=1S/C23H22N4O6/c28-20(13-25-23(31)19-11-6-12-32-19)24-14-21(29)26-27-22(30)15-33-18-10-5-4-9-17(18)16-7-2-1-3-8-16/h1-12H,13-15H2,(H,24,28)(H,25,31)(H,26,29)(H,27,30). The number of hydrazine groups is 1. The number of carbonyl (C=O) groups excluding carboxylic acids is 4. The second-order valence-electron chi connectivity index (χ2n) is 6.68. The quantitative estimate of drug-likeness (QED) is 0.359. The van der Waals surface area contributed by atoms with Crippen molar-refractivity contribution >= 4 is 23.6 Å². The van der Waals surface area contributed by atoms with E-state index in [4.69, 9.17) is 9.15 Å². The number of carbonyl (C=O) groups is 4. The summed E-state index contributed by atoms with van der Waals surface area (Å²) in [4.78, 5) is 47.2. The van der Waals surface area contributed by atoms with E-state index >= 15 is 0 Å². The highest BCUT2D eigenvalue weighted by molar-refractivity contribution is 5.94. The molecule has 1 aromatic heterocycles. The van der Waals surface area contributed by atoms with Crippen LogP contribution in [0.25, 0.3) is 11.1 Å². The summed E-state index contributed by atoms with van der Waals surface area (Å²) in [5.41, 5.74) is 6.15. The molecule has 2 aromatic carbocycles. The Labute approximate surface area is 189 Å². The van der Waals surface area contributed by atoms with E-state index < -0.39 is 30.2 Å². The Balaban J connectivity index is 1.35. The topological polar surface area (TPSA) is 139 Å². The van der Waals surface area contributed by atoms with Gasteiger partial charge in [-0.05, 0) is 23.8 Å². The van der Waals surface area contributed by atoms with Crippen LogP contribution in [0.1, 0.15) is 10.6 Å². The maximum Gasteiger partial charge on any atom is 0.287 e. The van der Waals surface area contributed by atoms with Crippen LogP contribution in [0.5, 0.6) is 5.75 Å². The number of rotatable bonds is 9. The first-order chi connectivity index (χ1) is 16.0. The molecular weight excluding hydrogens is 428 g/mol. The van der Waals surface area contributed by atoms with Gasteiger partial charge in [0, 0.05) is 5.56 Å².